The number of hydrogen-bond donors (Lipinski definition) is 2. The van der Waals surface area contributed by atoms with Crippen LogP contribution in [-0.2, 0) is 6.54 Å². The zero-order chi connectivity index (χ0) is 13.1. The third-order valence-electron chi connectivity index (χ3n) is 3.70. The minimum absolute atomic E-state index is 0.332. The third-order valence-corrected chi connectivity index (χ3v) is 3.70. The first-order valence-electron chi connectivity index (χ1n) is 6.43. The van der Waals surface area contributed by atoms with Crippen LogP contribution in [0.2, 0.25) is 0 Å². The first-order valence-corrected chi connectivity index (χ1v) is 6.43. The van der Waals surface area contributed by atoms with Gasteiger partial charge in [-0.15, -0.1) is 0 Å². The van der Waals surface area contributed by atoms with Gasteiger partial charge < -0.3 is 11.5 Å². The molecule has 0 bridgehead atoms. The summed E-state index contributed by atoms with van der Waals surface area (Å²) in [4.78, 5) is 13.4. The lowest BCUT2D eigenvalue weighted by Gasteiger charge is -2.35. The van der Waals surface area contributed by atoms with E-state index in [1.54, 1.807) is 12.1 Å². The molecule has 1 saturated heterocycles. The van der Waals surface area contributed by atoms with Crippen molar-refractivity contribution >= 4 is 5.91 Å². The number of nitrogens with two attached hydrogens (primary N) is 2. The number of likely N-dealkylation sites (tertiary alicyclic amines) is 1. The first kappa shape index (κ1) is 13.1. The van der Waals surface area contributed by atoms with Gasteiger partial charge in [0.05, 0.1) is 0 Å². The van der Waals surface area contributed by atoms with Gasteiger partial charge in [-0.25, -0.2) is 0 Å². The number of benzene rings is 1. The summed E-state index contributed by atoms with van der Waals surface area (Å²) < 4.78 is 0. The van der Waals surface area contributed by atoms with Crippen molar-refractivity contribution in [1.29, 1.82) is 0 Å². The number of carbonyl (C=O) groups excluding carboxylic acids is 1. The number of piperidine rings is 1. The van der Waals surface area contributed by atoms with Crippen LogP contribution in [0.25, 0.3) is 0 Å². The van der Waals surface area contributed by atoms with Crippen LogP contribution in [0.4, 0.5) is 0 Å². The molecule has 4 N–H and O–H groups in total. The van der Waals surface area contributed by atoms with Gasteiger partial charge in [0.15, 0.2) is 0 Å². The van der Waals surface area contributed by atoms with Crippen molar-refractivity contribution < 1.29 is 4.79 Å². The number of amides is 1. The topological polar surface area (TPSA) is 72.3 Å². The molecular weight excluding hydrogens is 226 g/mol. The summed E-state index contributed by atoms with van der Waals surface area (Å²) in [5.74, 6) is 0.169. The molecule has 1 aromatic carbocycles. The maximum absolute atomic E-state index is 11.0. The molecule has 0 radical (unpaired) electrons. The highest BCUT2D eigenvalue weighted by Crippen LogP contribution is 2.17. The van der Waals surface area contributed by atoms with Gasteiger partial charge in [0.25, 0.3) is 0 Å². The number of hydrogen-bond acceptors (Lipinski definition) is 3. The second-order valence-corrected chi connectivity index (χ2v) is 5.23. The van der Waals surface area contributed by atoms with Crippen molar-refractivity contribution in [3.05, 3.63) is 35.4 Å². The quantitative estimate of drug-likeness (QED) is 0.835. The average molecular weight is 247 g/mol. The van der Waals surface area contributed by atoms with Gasteiger partial charge in [0, 0.05) is 24.7 Å². The zero-order valence-electron chi connectivity index (χ0n) is 10.8. The molecule has 4 heteroatoms. The highest BCUT2D eigenvalue weighted by Gasteiger charge is 2.22. The van der Waals surface area contributed by atoms with Crippen molar-refractivity contribution in [2.75, 3.05) is 13.1 Å². The highest BCUT2D eigenvalue weighted by molar-refractivity contribution is 5.92. The number of carbonyl (C=O) groups is 1. The molecule has 0 aliphatic carbocycles. The van der Waals surface area contributed by atoms with Crippen LogP contribution in [0, 0.1) is 5.92 Å². The van der Waals surface area contributed by atoms with E-state index < -0.39 is 0 Å². The Kier molecular flexibility index (Phi) is 3.99. The third kappa shape index (κ3) is 3.09. The standard InChI is InChI=1S/C14H21N3O/c1-10-8-17(7-6-13(10)15)9-11-2-4-12(5-3-11)14(16)18/h2-5,10,13H,6-9,15H2,1H3,(H2,16,18). The van der Waals surface area contributed by atoms with Gasteiger partial charge in [-0.2, -0.15) is 0 Å². The lowest BCUT2D eigenvalue weighted by molar-refractivity contribution is 0.1000. The summed E-state index contributed by atoms with van der Waals surface area (Å²) in [7, 11) is 0. The van der Waals surface area contributed by atoms with Gasteiger partial charge in [-0.1, -0.05) is 19.1 Å². The van der Waals surface area contributed by atoms with E-state index in [1.165, 1.54) is 5.56 Å². The molecule has 4 nitrogen and oxygen atoms in total. The summed E-state index contributed by atoms with van der Waals surface area (Å²) in [5.41, 5.74) is 13.0. The molecule has 1 fully saturated rings. The maximum Gasteiger partial charge on any atom is 0.248 e. The molecule has 0 saturated carbocycles. The Bertz CT molecular complexity index is 416. The molecule has 2 atom stereocenters. The second kappa shape index (κ2) is 5.50. The van der Waals surface area contributed by atoms with E-state index in [0.717, 1.165) is 26.1 Å². The molecule has 2 unspecified atom stereocenters. The van der Waals surface area contributed by atoms with Crippen molar-refractivity contribution in [2.24, 2.45) is 17.4 Å². The predicted molar refractivity (Wildman–Crippen MR) is 72.0 cm³/mol. The summed E-state index contributed by atoms with van der Waals surface area (Å²) in [6.07, 6.45) is 1.06. The van der Waals surface area contributed by atoms with Crippen LogP contribution in [0.15, 0.2) is 24.3 Å². The van der Waals surface area contributed by atoms with E-state index in [4.69, 9.17) is 11.5 Å². The minimum Gasteiger partial charge on any atom is -0.366 e. The normalized spacial score (nSPS) is 25.0. The van der Waals surface area contributed by atoms with E-state index >= 15 is 0 Å². The van der Waals surface area contributed by atoms with E-state index in [9.17, 15) is 4.79 Å². The zero-order valence-corrected chi connectivity index (χ0v) is 10.8. The van der Waals surface area contributed by atoms with Crippen LogP contribution in [0.5, 0.6) is 0 Å². The average Bonchev–Trinajstić information content (AvgIpc) is 2.34. The predicted octanol–water partition coefficient (Wildman–Crippen LogP) is 0.955. The molecule has 1 aliphatic rings. The van der Waals surface area contributed by atoms with Gasteiger partial charge >= 0.3 is 0 Å². The Labute approximate surface area is 108 Å². The SMILES string of the molecule is CC1CN(Cc2ccc(C(N)=O)cc2)CCC1N. The van der Waals surface area contributed by atoms with Gasteiger partial charge in [-0.3, -0.25) is 9.69 Å². The Hall–Kier alpha value is -1.39. The molecule has 1 aliphatic heterocycles. The van der Waals surface area contributed by atoms with E-state index in [2.05, 4.69) is 11.8 Å². The van der Waals surface area contributed by atoms with Crippen LogP contribution in [0.1, 0.15) is 29.3 Å². The molecule has 98 valence electrons. The molecule has 1 aromatic rings. The van der Waals surface area contributed by atoms with Gasteiger partial charge in [0.2, 0.25) is 5.91 Å². The fourth-order valence-corrected chi connectivity index (χ4v) is 2.43. The smallest absolute Gasteiger partial charge is 0.248 e. The summed E-state index contributed by atoms with van der Waals surface area (Å²) in [5, 5.41) is 0. The van der Waals surface area contributed by atoms with Crippen LogP contribution < -0.4 is 11.5 Å². The number of nitrogens with zero attached hydrogens (tertiary/aromatic N) is 1. The largest absolute Gasteiger partial charge is 0.366 e. The van der Waals surface area contributed by atoms with Crippen molar-refractivity contribution in [3.63, 3.8) is 0 Å². The monoisotopic (exact) mass is 247 g/mol. The molecule has 0 aromatic heterocycles. The highest BCUT2D eigenvalue weighted by atomic mass is 16.1. The molecule has 18 heavy (non-hydrogen) atoms. The fourth-order valence-electron chi connectivity index (χ4n) is 2.43. The Morgan fingerprint density at radius 3 is 2.61 bits per heavy atom. The first-order chi connectivity index (χ1) is 8.56. The lowest BCUT2D eigenvalue weighted by atomic mass is 9.94. The maximum atomic E-state index is 11.0. The minimum atomic E-state index is -0.376. The van der Waals surface area contributed by atoms with Crippen molar-refractivity contribution in [1.82, 2.24) is 4.90 Å². The fraction of sp³-hybridized carbons (Fsp3) is 0.500. The summed E-state index contributed by atoms with van der Waals surface area (Å²) >= 11 is 0. The molecule has 1 amide bonds. The van der Waals surface area contributed by atoms with E-state index in [1.807, 2.05) is 12.1 Å². The van der Waals surface area contributed by atoms with Gasteiger partial charge in [0.1, 0.15) is 0 Å². The van der Waals surface area contributed by atoms with Gasteiger partial charge in [-0.05, 0) is 36.6 Å². The number of primary amides is 1. The van der Waals surface area contributed by atoms with Crippen molar-refractivity contribution in [3.8, 4) is 0 Å². The van der Waals surface area contributed by atoms with Crippen LogP contribution in [0.3, 0.4) is 0 Å². The van der Waals surface area contributed by atoms with Crippen LogP contribution >= 0.6 is 0 Å². The van der Waals surface area contributed by atoms with Crippen LogP contribution in [-0.4, -0.2) is 29.9 Å². The Morgan fingerprint density at radius 2 is 2.06 bits per heavy atom. The molecule has 0 spiro atoms. The lowest BCUT2D eigenvalue weighted by Crippen LogP contribution is -2.45. The molecule has 1 heterocycles. The summed E-state index contributed by atoms with van der Waals surface area (Å²) in [6.45, 7) is 5.20. The Balaban J connectivity index is 1.95. The van der Waals surface area contributed by atoms with Crippen molar-refractivity contribution in [2.45, 2.75) is 25.9 Å². The number of rotatable bonds is 3. The Morgan fingerprint density at radius 1 is 1.39 bits per heavy atom. The van der Waals surface area contributed by atoms with E-state index in [-0.39, 0.29) is 5.91 Å². The molecule has 2 rings (SSSR count). The summed E-state index contributed by atoms with van der Waals surface area (Å²) in [6, 6.07) is 7.85. The second-order valence-electron chi connectivity index (χ2n) is 5.23. The molecular formula is C14H21N3O. The van der Waals surface area contributed by atoms with E-state index in [0.29, 0.717) is 17.5 Å².